The second-order valence-electron chi connectivity index (χ2n) is 10.3. The average molecular weight is 646 g/mol. The number of carbonyl (C=O) groups excluding carboxylic acids is 2. The smallest absolute Gasteiger partial charge is 1.00 e. The minimum absolute atomic E-state index is 0. The van der Waals surface area contributed by atoms with Gasteiger partial charge in [0.05, 0.1) is 11.2 Å². The number of nitrogens with one attached hydrogen (secondary N) is 2. The van der Waals surface area contributed by atoms with Crippen molar-refractivity contribution in [1.82, 2.24) is 10.6 Å². The molecule has 14 heteroatoms. The molecule has 0 aliphatic heterocycles. The van der Waals surface area contributed by atoms with Gasteiger partial charge in [0.1, 0.15) is 11.2 Å². The van der Waals surface area contributed by atoms with Crippen molar-refractivity contribution < 1.29 is 79.7 Å². The van der Waals surface area contributed by atoms with Crippen molar-refractivity contribution in [3.8, 4) is 0 Å². The van der Waals surface area contributed by atoms with Crippen LogP contribution in [0, 0.1) is 0 Å². The first-order chi connectivity index (χ1) is 15.4. The number of ether oxygens (including phenoxy) is 3. The number of carboxylic acid groups (broad SMARTS) is 2. The number of halogens is 1. The molecule has 0 fully saturated rings. The van der Waals surface area contributed by atoms with E-state index < -0.39 is 58.6 Å². The Morgan fingerprint density at radius 3 is 1.19 bits per heavy atom. The first-order valence-corrected chi connectivity index (χ1v) is 12.7. The largest absolute Gasteiger partial charge is 1.00 e. The Hall–Kier alpha value is -0.870. The van der Waals surface area contributed by atoms with Crippen LogP contribution in [-0.2, 0) is 23.8 Å². The van der Waals surface area contributed by atoms with Crippen molar-refractivity contribution in [2.24, 2.45) is 0 Å². The molecule has 0 saturated heterocycles. The molecule has 0 aromatic carbocycles. The summed E-state index contributed by atoms with van der Waals surface area (Å²) in [7, 11) is 1.38. The minimum atomic E-state index is -1.57. The molecule has 5 N–H and O–H groups in total. The predicted molar refractivity (Wildman–Crippen MR) is 140 cm³/mol. The zero-order valence-electron chi connectivity index (χ0n) is 24.7. The summed E-state index contributed by atoms with van der Waals surface area (Å²) in [5.41, 5.74) is -3.98. The maximum absolute atomic E-state index is 11.5. The molecule has 0 aliphatic carbocycles. The van der Waals surface area contributed by atoms with Gasteiger partial charge in [0, 0.05) is 7.11 Å². The standard InChI is InChI=1S/C11H21NO5.C10H19NO5.CH3I.Na.H/c1-10(2,3)17-9(15)12-7(8(13)14)11(4,5)16-6;1-9(2,3)16-8(14)11-6(7(12)13)10(4,5)15;1-2;;/h7H,1-6H3,(H,12,15)(H,13,14);6,15H,1-5H3,(H,11,14)(H,12,13);1H3;;/q;;;+1;-1/t7-;6-;;;/m00.../s1. The summed E-state index contributed by atoms with van der Waals surface area (Å²) >= 11 is 2.15. The van der Waals surface area contributed by atoms with Crippen molar-refractivity contribution in [3.63, 3.8) is 0 Å². The number of hydrogen-bond donors (Lipinski definition) is 5. The average Bonchev–Trinajstić information content (AvgIpc) is 2.62. The Labute approximate surface area is 251 Å². The van der Waals surface area contributed by atoms with E-state index in [0.717, 1.165) is 0 Å². The number of carboxylic acids is 2. The van der Waals surface area contributed by atoms with Crippen LogP contribution in [0.25, 0.3) is 0 Å². The van der Waals surface area contributed by atoms with Crippen LogP contribution in [0.3, 0.4) is 0 Å². The minimum Gasteiger partial charge on any atom is -1.00 e. The van der Waals surface area contributed by atoms with Crippen LogP contribution < -0.4 is 40.2 Å². The third-order valence-electron chi connectivity index (χ3n) is 3.74. The van der Waals surface area contributed by atoms with Gasteiger partial charge < -0.3 is 41.6 Å². The van der Waals surface area contributed by atoms with Crippen molar-refractivity contribution >= 4 is 46.7 Å². The molecule has 2 amide bonds. The Morgan fingerprint density at radius 2 is 1.00 bits per heavy atom. The van der Waals surface area contributed by atoms with E-state index in [4.69, 9.17) is 24.4 Å². The maximum atomic E-state index is 11.5. The Morgan fingerprint density at radius 1 is 0.722 bits per heavy atom. The second-order valence-corrected chi connectivity index (χ2v) is 10.3. The van der Waals surface area contributed by atoms with Crippen LogP contribution in [0.15, 0.2) is 0 Å². The van der Waals surface area contributed by atoms with Crippen LogP contribution in [0.2, 0.25) is 0 Å². The van der Waals surface area contributed by atoms with E-state index in [-0.39, 0.29) is 31.0 Å². The molecule has 0 spiro atoms. The number of alkyl halides is 1. The van der Waals surface area contributed by atoms with E-state index in [9.17, 15) is 24.3 Å². The van der Waals surface area contributed by atoms with Gasteiger partial charge in [0.15, 0.2) is 12.1 Å². The maximum Gasteiger partial charge on any atom is 1.00 e. The van der Waals surface area contributed by atoms with Gasteiger partial charge in [-0.05, 0) is 74.2 Å². The van der Waals surface area contributed by atoms with Gasteiger partial charge in [-0.2, -0.15) is 0 Å². The van der Waals surface area contributed by atoms with Crippen molar-refractivity contribution in [2.45, 2.75) is 104 Å². The molecule has 0 radical (unpaired) electrons. The van der Waals surface area contributed by atoms with E-state index in [0.29, 0.717) is 0 Å². The Bertz CT molecular complexity index is 705. The molecule has 12 nitrogen and oxygen atoms in total. The van der Waals surface area contributed by atoms with Crippen molar-refractivity contribution in [2.75, 3.05) is 12.0 Å². The topological polar surface area (TPSA) is 181 Å². The van der Waals surface area contributed by atoms with E-state index in [1.807, 2.05) is 4.93 Å². The molecule has 0 unspecified atom stereocenters. The molecule has 0 rings (SSSR count). The van der Waals surface area contributed by atoms with Crippen LogP contribution in [0.4, 0.5) is 9.59 Å². The number of amides is 2. The normalized spacial score (nSPS) is 13.1. The van der Waals surface area contributed by atoms with Gasteiger partial charge >= 0.3 is 53.7 Å². The number of methoxy groups -OCH3 is 1. The van der Waals surface area contributed by atoms with Gasteiger partial charge in [-0.25, -0.2) is 19.2 Å². The van der Waals surface area contributed by atoms with E-state index in [2.05, 4.69) is 33.2 Å². The molecule has 36 heavy (non-hydrogen) atoms. The number of aliphatic hydroxyl groups is 1. The third kappa shape index (κ3) is 21.2. The van der Waals surface area contributed by atoms with Crippen LogP contribution in [-0.4, -0.2) is 86.0 Å². The van der Waals surface area contributed by atoms with E-state index in [1.54, 1.807) is 55.4 Å². The molecular weight excluding hydrogens is 602 g/mol. The van der Waals surface area contributed by atoms with Crippen LogP contribution in [0.5, 0.6) is 0 Å². The summed E-state index contributed by atoms with van der Waals surface area (Å²) in [4.78, 5) is 46.6. The van der Waals surface area contributed by atoms with Gasteiger partial charge in [-0.15, -0.1) is 0 Å². The monoisotopic (exact) mass is 646 g/mol. The predicted octanol–water partition coefficient (Wildman–Crippen LogP) is 0.292. The van der Waals surface area contributed by atoms with Crippen molar-refractivity contribution in [3.05, 3.63) is 0 Å². The summed E-state index contributed by atoms with van der Waals surface area (Å²) in [5.74, 6) is -2.50. The fraction of sp³-hybridized carbons (Fsp3) is 0.818. The Balaban J connectivity index is -0.000000165. The van der Waals surface area contributed by atoms with E-state index >= 15 is 0 Å². The molecule has 0 saturated carbocycles. The van der Waals surface area contributed by atoms with E-state index in [1.165, 1.54) is 21.0 Å². The first-order valence-electron chi connectivity index (χ1n) is 10.5. The molecule has 0 aromatic heterocycles. The van der Waals surface area contributed by atoms with Gasteiger partial charge in [-0.1, -0.05) is 22.6 Å². The summed E-state index contributed by atoms with van der Waals surface area (Å²) in [6.45, 7) is 15.8. The molecule has 0 aromatic rings. The fourth-order valence-electron chi connectivity index (χ4n) is 2.04. The molecule has 0 heterocycles. The number of aliphatic carboxylic acids is 2. The molecule has 210 valence electrons. The summed E-state index contributed by atoms with van der Waals surface area (Å²) in [6.07, 6.45) is -1.66. The van der Waals surface area contributed by atoms with Gasteiger partial charge in [-0.3, -0.25) is 0 Å². The molecule has 0 aliphatic rings. The fourth-order valence-corrected chi connectivity index (χ4v) is 2.04. The SMILES string of the molecule is CC(C)(C)OC(=O)N[C@@H](C(=O)O)C(C)(C)O.CI.COC(C)(C)[C@@H](NC(=O)OC(C)(C)C)C(=O)O.[H-].[Na+]. The first kappa shape index (κ1) is 42.2. The molecular formula is C22H44IN2NaO10. The van der Waals surface area contributed by atoms with Gasteiger partial charge in [0.25, 0.3) is 0 Å². The molecule has 0 bridgehead atoms. The van der Waals surface area contributed by atoms with Gasteiger partial charge in [0.2, 0.25) is 0 Å². The van der Waals surface area contributed by atoms with Crippen LogP contribution >= 0.6 is 22.6 Å². The Kier molecular flexibility index (Phi) is 20.6. The summed E-state index contributed by atoms with van der Waals surface area (Å²) < 4.78 is 14.9. The number of carbonyl (C=O) groups is 4. The summed E-state index contributed by atoms with van der Waals surface area (Å²) in [5, 5.41) is 31.8. The third-order valence-corrected chi connectivity index (χ3v) is 3.74. The summed E-state index contributed by atoms with van der Waals surface area (Å²) in [6, 6.07) is -2.59. The molecule has 2 atom stereocenters. The zero-order valence-corrected chi connectivity index (χ0v) is 27.9. The second kappa shape index (κ2) is 17.6. The zero-order chi connectivity index (χ0) is 29.0. The quantitative estimate of drug-likeness (QED) is 0.147. The number of hydrogen-bond acceptors (Lipinski definition) is 8. The van der Waals surface area contributed by atoms with Crippen molar-refractivity contribution in [1.29, 1.82) is 0 Å². The van der Waals surface area contributed by atoms with Crippen LogP contribution in [0.1, 0.15) is 70.7 Å². The number of alkyl carbamates (subject to hydrolysis) is 2. The number of rotatable bonds is 7.